The summed E-state index contributed by atoms with van der Waals surface area (Å²) in [5, 5.41) is 9.43. The summed E-state index contributed by atoms with van der Waals surface area (Å²) >= 11 is 0. The Balaban J connectivity index is 1.94. The van der Waals surface area contributed by atoms with E-state index in [1.807, 2.05) is 0 Å². The lowest BCUT2D eigenvalue weighted by Gasteiger charge is -2.33. The summed E-state index contributed by atoms with van der Waals surface area (Å²) in [4.78, 5) is 2.10. The monoisotopic (exact) mass is 262 g/mol. The van der Waals surface area contributed by atoms with E-state index in [0.717, 1.165) is 19.4 Å². The highest BCUT2D eigenvalue weighted by Gasteiger charge is 2.43. The van der Waals surface area contributed by atoms with Crippen molar-refractivity contribution in [2.45, 2.75) is 24.8 Å². The lowest BCUT2D eigenvalue weighted by molar-refractivity contribution is 0.125. The van der Waals surface area contributed by atoms with Crippen LogP contribution in [0, 0.1) is 5.92 Å². The van der Waals surface area contributed by atoms with Crippen molar-refractivity contribution in [1.29, 1.82) is 0 Å². The van der Waals surface area contributed by atoms with Crippen molar-refractivity contribution < 1.29 is 13.5 Å². The molecule has 0 amide bonds. The SMILES string of the molecule is NC(CO)(CN1CCCS(=O)(=O)CC1)C1CC1. The molecule has 5 nitrogen and oxygen atoms in total. The minimum Gasteiger partial charge on any atom is -0.394 e. The van der Waals surface area contributed by atoms with Gasteiger partial charge in [0.2, 0.25) is 0 Å². The fraction of sp³-hybridized carbons (Fsp3) is 1.00. The van der Waals surface area contributed by atoms with E-state index in [4.69, 9.17) is 5.73 Å². The van der Waals surface area contributed by atoms with Crippen LogP contribution in [0.15, 0.2) is 0 Å². The third kappa shape index (κ3) is 3.40. The summed E-state index contributed by atoms with van der Waals surface area (Å²) in [6, 6.07) is 0. The lowest BCUT2D eigenvalue weighted by atomic mass is 9.95. The molecule has 1 atom stereocenters. The van der Waals surface area contributed by atoms with Gasteiger partial charge >= 0.3 is 0 Å². The van der Waals surface area contributed by atoms with Gasteiger partial charge in [-0.05, 0) is 31.7 Å². The van der Waals surface area contributed by atoms with Crippen molar-refractivity contribution in [3.05, 3.63) is 0 Å². The number of hydrogen-bond donors (Lipinski definition) is 2. The van der Waals surface area contributed by atoms with Crippen molar-refractivity contribution in [3.63, 3.8) is 0 Å². The molecule has 6 heteroatoms. The van der Waals surface area contributed by atoms with E-state index in [1.54, 1.807) is 0 Å². The molecular formula is C11H22N2O3S. The molecule has 1 saturated heterocycles. The van der Waals surface area contributed by atoms with Gasteiger partial charge in [-0.25, -0.2) is 8.42 Å². The molecule has 100 valence electrons. The van der Waals surface area contributed by atoms with Crippen LogP contribution in [0.3, 0.4) is 0 Å². The highest BCUT2D eigenvalue weighted by Crippen LogP contribution is 2.38. The average Bonchev–Trinajstić information content (AvgIpc) is 3.08. The molecule has 1 heterocycles. The fourth-order valence-electron chi connectivity index (χ4n) is 2.53. The van der Waals surface area contributed by atoms with E-state index in [1.165, 1.54) is 0 Å². The lowest BCUT2D eigenvalue weighted by Crippen LogP contribution is -2.55. The highest BCUT2D eigenvalue weighted by molar-refractivity contribution is 7.91. The smallest absolute Gasteiger partial charge is 0.151 e. The van der Waals surface area contributed by atoms with Gasteiger partial charge in [-0.1, -0.05) is 0 Å². The van der Waals surface area contributed by atoms with Gasteiger partial charge in [0, 0.05) is 13.1 Å². The Bertz CT molecular complexity index is 367. The van der Waals surface area contributed by atoms with Crippen molar-refractivity contribution in [2.24, 2.45) is 11.7 Å². The largest absolute Gasteiger partial charge is 0.394 e. The standard InChI is InChI=1S/C11H22N2O3S/c12-11(9-14,10-2-3-10)8-13-4-1-6-17(15,16)7-5-13/h10,14H,1-9,12H2. The minimum absolute atomic E-state index is 0.0130. The molecule has 2 fully saturated rings. The Morgan fingerprint density at radius 1 is 1.29 bits per heavy atom. The van der Waals surface area contributed by atoms with E-state index in [9.17, 15) is 13.5 Å². The van der Waals surface area contributed by atoms with Crippen molar-refractivity contribution >= 4 is 9.84 Å². The average molecular weight is 262 g/mol. The molecule has 1 unspecified atom stereocenters. The molecule has 0 radical (unpaired) electrons. The summed E-state index contributed by atoms with van der Waals surface area (Å²) < 4.78 is 23.0. The van der Waals surface area contributed by atoms with Gasteiger partial charge < -0.3 is 15.7 Å². The molecule has 2 aliphatic rings. The van der Waals surface area contributed by atoms with Gasteiger partial charge in [-0.2, -0.15) is 0 Å². The van der Waals surface area contributed by atoms with Crippen LogP contribution in [0.2, 0.25) is 0 Å². The Kier molecular flexibility index (Phi) is 3.77. The van der Waals surface area contributed by atoms with Gasteiger partial charge in [0.05, 0.1) is 23.7 Å². The van der Waals surface area contributed by atoms with E-state index < -0.39 is 15.4 Å². The van der Waals surface area contributed by atoms with Crippen LogP contribution in [0.1, 0.15) is 19.3 Å². The van der Waals surface area contributed by atoms with Gasteiger partial charge in [0.1, 0.15) is 0 Å². The summed E-state index contributed by atoms with van der Waals surface area (Å²) in [6.45, 7) is 1.92. The van der Waals surface area contributed by atoms with Crippen LogP contribution in [-0.4, -0.2) is 61.7 Å². The number of nitrogens with zero attached hydrogens (tertiary/aromatic N) is 1. The number of hydrogen-bond acceptors (Lipinski definition) is 5. The van der Waals surface area contributed by atoms with Crippen molar-refractivity contribution in [1.82, 2.24) is 4.90 Å². The van der Waals surface area contributed by atoms with Gasteiger partial charge in [-0.15, -0.1) is 0 Å². The van der Waals surface area contributed by atoms with Gasteiger partial charge in [-0.3, -0.25) is 0 Å². The number of nitrogens with two attached hydrogens (primary N) is 1. The Morgan fingerprint density at radius 3 is 2.59 bits per heavy atom. The second-order valence-electron chi connectivity index (χ2n) is 5.45. The van der Waals surface area contributed by atoms with Gasteiger partial charge in [0.25, 0.3) is 0 Å². The van der Waals surface area contributed by atoms with Crippen LogP contribution in [-0.2, 0) is 9.84 Å². The first-order valence-corrected chi connectivity index (χ1v) is 8.10. The number of sulfone groups is 1. The molecule has 1 aliphatic carbocycles. The number of aliphatic hydroxyl groups excluding tert-OH is 1. The topological polar surface area (TPSA) is 83.6 Å². The highest BCUT2D eigenvalue weighted by atomic mass is 32.2. The van der Waals surface area contributed by atoms with Crippen molar-refractivity contribution in [3.8, 4) is 0 Å². The zero-order valence-corrected chi connectivity index (χ0v) is 11.0. The predicted octanol–water partition coefficient (Wildman–Crippen LogP) is -0.793. The predicted molar refractivity (Wildman–Crippen MR) is 66.4 cm³/mol. The number of aliphatic hydroxyl groups is 1. The van der Waals surface area contributed by atoms with Crippen LogP contribution in [0.25, 0.3) is 0 Å². The van der Waals surface area contributed by atoms with Crippen LogP contribution in [0.4, 0.5) is 0 Å². The Labute approximate surface area is 103 Å². The minimum atomic E-state index is -2.86. The Hall–Kier alpha value is -0.170. The first kappa shape index (κ1) is 13.3. The number of rotatable bonds is 4. The van der Waals surface area contributed by atoms with E-state index >= 15 is 0 Å². The second kappa shape index (κ2) is 4.84. The summed E-state index contributed by atoms with van der Waals surface area (Å²) in [7, 11) is -2.86. The first-order chi connectivity index (χ1) is 7.95. The van der Waals surface area contributed by atoms with Crippen LogP contribution < -0.4 is 5.73 Å². The van der Waals surface area contributed by atoms with E-state index in [2.05, 4.69) is 4.90 Å². The fourth-order valence-corrected chi connectivity index (χ4v) is 3.84. The molecule has 0 aromatic rings. The molecule has 0 aromatic carbocycles. The molecule has 1 saturated carbocycles. The zero-order valence-electron chi connectivity index (χ0n) is 10.1. The Morgan fingerprint density at radius 2 is 2.00 bits per heavy atom. The second-order valence-corrected chi connectivity index (χ2v) is 7.75. The van der Waals surface area contributed by atoms with Gasteiger partial charge in [0.15, 0.2) is 9.84 Å². The molecule has 0 spiro atoms. The molecule has 1 aliphatic heterocycles. The van der Waals surface area contributed by atoms with E-state index in [-0.39, 0.29) is 18.1 Å². The van der Waals surface area contributed by atoms with E-state index in [0.29, 0.717) is 25.4 Å². The molecule has 0 aromatic heterocycles. The maximum Gasteiger partial charge on any atom is 0.151 e. The summed E-state index contributed by atoms with van der Waals surface area (Å²) in [5.41, 5.74) is 5.68. The zero-order chi connectivity index (χ0) is 12.5. The molecule has 17 heavy (non-hydrogen) atoms. The molecule has 0 bridgehead atoms. The van der Waals surface area contributed by atoms with Crippen LogP contribution >= 0.6 is 0 Å². The van der Waals surface area contributed by atoms with Crippen LogP contribution in [0.5, 0.6) is 0 Å². The third-order valence-electron chi connectivity index (χ3n) is 3.85. The third-order valence-corrected chi connectivity index (χ3v) is 5.57. The molecular weight excluding hydrogens is 240 g/mol. The molecule has 2 rings (SSSR count). The maximum absolute atomic E-state index is 11.5. The van der Waals surface area contributed by atoms with Crippen molar-refractivity contribution in [2.75, 3.05) is 37.7 Å². The summed E-state index contributed by atoms with van der Waals surface area (Å²) in [5.74, 6) is 0.912. The quantitative estimate of drug-likeness (QED) is 0.693. The molecule has 3 N–H and O–H groups in total. The normalized spacial score (nSPS) is 29.5. The maximum atomic E-state index is 11.5. The summed E-state index contributed by atoms with van der Waals surface area (Å²) in [6.07, 6.45) is 2.85. The first-order valence-electron chi connectivity index (χ1n) is 6.28.